The maximum absolute atomic E-state index is 12.0. The van der Waals surface area contributed by atoms with E-state index in [0.29, 0.717) is 0 Å². The number of nitrogens with one attached hydrogen (secondary N) is 2. The normalized spacial score (nSPS) is 18.4. The van der Waals surface area contributed by atoms with E-state index >= 15 is 0 Å². The molecule has 1 unspecified atom stereocenters. The van der Waals surface area contributed by atoms with Gasteiger partial charge in [0.1, 0.15) is 0 Å². The highest BCUT2D eigenvalue weighted by Crippen LogP contribution is 2.34. The van der Waals surface area contributed by atoms with Gasteiger partial charge in [-0.05, 0) is 38.3 Å². The number of amides is 1. The number of hydrogen-bond acceptors (Lipinski definition) is 3. The molecule has 1 saturated carbocycles. The van der Waals surface area contributed by atoms with Gasteiger partial charge in [-0.15, -0.1) is 0 Å². The van der Waals surface area contributed by atoms with Gasteiger partial charge < -0.3 is 15.4 Å². The van der Waals surface area contributed by atoms with Crippen LogP contribution >= 0.6 is 0 Å². The minimum absolute atomic E-state index is 0.0169. The Morgan fingerprint density at radius 1 is 1.37 bits per heavy atom. The number of ether oxygens (including phenoxy) is 1. The molecule has 0 radical (unpaired) electrons. The van der Waals surface area contributed by atoms with Crippen LogP contribution in [0, 0.1) is 0 Å². The highest BCUT2D eigenvalue weighted by atomic mass is 16.5. The zero-order valence-corrected chi connectivity index (χ0v) is 11.6. The Kier molecular flexibility index (Phi) is 4.56. The number of anilines is 1. The molecule has 19 heavy (non-hydrogen) atoms. The number of benzene rings is 1. The lowest BCUT2D eigenvalue weighted by molar-refractivity contribution is -0.118. The molecule has 1 amide bonds. The summed E-state index contributed by atoms with van der Waals surface area (Å²) in [5.41, 5.74) is 0.771. The van der Waals surface area contributed by atoms with Gasteiger partial charge in [0, 0.05) is 19.3 Å². The van der Waals surface area contributed by atoms with Gasteiger partial charge in [0.15, 0.2) is 0 Å². The van der Waals surface area contributed by atoms with Crippen molar-refractivity contribution in [2.75, 3.05) is 19.0 Å². The highest BCUT2D eigenvalue weighted by Gasteiger charge is 2.37. The quantitative estimate of drug-likeness (QED) is 0.826. The maximum atomic E-state index is 12.0. The van der Waals surface area contributed by atoms with Crippen molar-refractivity contribution in [2.24, 2.45) is 0 Å². The number of carbonyl (C=O) groups is 1. The number of rotatable bonds is 6. The van der Waals surface area contributed by atoms with Crippen LogP contribution in [0.1, 0.15) is 26.2 Å². The fourth-order valence-corrected chi connectivity index (χ4v) is 2.23. The highest BCUT2D eigenvalue weighted by molar-refractivity contribution is 5.94. The van der Waals surface area contributed by atoms with E-state index in [-0.39, 0.29) is 17.6 Å². The molecule has 0 spiro atoms. The van der Waals surface area contributed by atoms with Crippen molar-refractivity contribution in [3.05, 3.63) is 30.3 Å². The minimum Gasteiger partial charge on any atom is -0.377 e. The summed E-state index contributed by atoms with van der Waals surface area (Å²) in [6.45, 7) is 2.60. The van der Waals surface area contributed by atoms with Crippen LogP contribution < -0.4 is 10.6 Å². The third-order valence-corrected chi connectivity index (χ3v) is 3.86. The summed E-state index contributed by atoms with van der Waals surface area (Å²) >= 11 is 0. The van der Waals surface area contributed by atoms with Crippen LogP contribution in [0.3, 0.4) is 0 Å². The van der Waals surface area contributed by atoms with Crippen LogP contribution in [0.25, 0.3) is 0 Å². The molecule has 1 atom stereocenters. The van der Waals surface area contributed by atoms with Crippen LogP contribution in [-0.4, -0.2) is 31.2 Å². The van der Waals surface area contributed by atoms with Crippen LogP contribution in [0.2, 0.25) is 0 Å². The van der Waals surface area contributed by atoms with Gasteiger partial charge in [-0.2, -0.15) is 0 Å². The number of para-hydroxylation sites is 1. The molecule has 0 aliphatic heterocycles. The van der Waals surface area contributed by atoms with E-state index in [9.17, 15) is 4.79 Å². The smallest absolute Gasteiger partial charge is 0.241 e. The van der Waals surface area contributed by atoms with Gasteiger partial charge in [0.25, 0.3) is 0 Å². The lowest BCUT2D eigenvalue weighted by atomic mass is 9.80. The topological polar surface area (TPSA) is 50.4 Å². The molecular weight excluding hydrogens is 240 g/mol. The van der Waals surface area contributed by atoms with Gasteiger partial charge in [-0.25, -0.2) is 0 Å². The molecular formula is C15H22N2O2. The standard InChI is InChI=1S/C15H22N2O2/c1-12(16-11-15(19-2)9-6-10-15)14(18)17-13-7-4-3-5-8-13/h3-5,7-8,12,16H,6,9-11H2,1-2H3,(H,17,18). The van der Waals surface area contributed by atoms with Crippen LogP contribution in [-0.2, 0) is 9.53 Å². The Morgan fingerprint density at radius 3 is 2.58 bits per heavy atom. The van der Waals surface area contributed by atoms with Gasteiger partial charge in [0.2, 0.25) is 5.91 Å². The molecule has 1 fully saturated rings. The van der Waals surface area contributed by atoms with Gasteiger partial charge >= 0.3 is 0 Å². The average Bonchev–Trinajstić information content (AvgIpc) is 2.39. The van der Waals surface area contributed by atoms with E-state index in [1.165, 1.54) is 6.42 Å². The Hall–Kier alpha value is -1.39. The second-order valence-electron chi connectivity index (χ2n) is 5.20. The van der Waals surface area contributed by atoms with Crippen LogP contribution in [0.15, 0.2) is 30.3 Å². The second kappa shape index (κ2) is 6.17. The fourth-order valence-electron chi connectivity index (χ4n) is 2.23. The van der Waals surface area contributed by atoms with E-state index in [0.717, 1.165) is 25.1 Å². The van der Waals surface area contributed by atoms with Crippen molar-refractivity contribution in [3.63, 3.8) is 0 Å². The van der Waals surface area contributed by atoms with Crippen molar-refractivity contribution >= 4 is 11.6 Å². The first-order chi connectivity index (χ1) is 9.15. The predicted molar refractivity (Wildman–Crippen MR) is 76.1 cm³/mol. The second-order valence-corrected chi connectivity index (χ2v) is 5.20. The van der Waals surface area contributed by atoms with Crippen molar-refractivity contribution < 1.29 is 9.53 Å². The van der Waals surface area contributed by atoms with Crippen molar-refractivity contribution in [3.8, 4) is 0 Å². The summed E-state index contributed by atoms with van der Waals surface area (Å²) in [4.78, 5) is 12.0. The molecule has 4 heteroatoms. The molecule has 1 aliphatic rings. The van der Waals surface area contributed by atoms with Crippen LogP contribution in [0.4, 0.5) is 5.69 Å². The summed E-state index contributed by atoms with van der Waals surface area (Å²) in [6, 6.07) is 9.27. The number of hydrogen-bond donors (Lipinski definition) is 2. The van der Waals surface area contributed by atoms with Gasteiger partial charge in [-0.1, -0.05) is 18.2 Å². The van der Waals surface area contributed by atoms with E-state index in [1.54, 1.807) is 7.11 Å². The summed E-state index contributed by atoms with van der Waals surface area (Å²) in [6.07, 6.45) is 3.35. The third kappa shape index (κ3) is 3.55. The van der Waals surface area contributed by atoms with Crippen molar-refractivity contribution in [2.45, 2.75) is 37.8 Å². The third-order valence-electron chi connectivity index (χ3n) is 3.86. The monoisotopic (exact) mass is 262 g/mol. The van der Waals surface area contributed by atoms with Gasteiger partial charge in [0.05, 0.1) is 11.6 Å². The molecule has 2 rings (SSSR count). The minimum atomic E-state index is -0.229. The Morgan fingerprint density at radius 2 is 2.05 bits per heavy atom. The Labute approximate surface area is 114 Å². The summed E-state index contributed by atoms with van der Waals surface area (Å²) < 4.78 is 5.53. The largest absolute Gasteiger partial charge is 0.377 e. The molecule has 0 aromatic heterocycles. The number of carbonyl (C=O) groups excluding carboxylic acids is 1. The lowest BCUT2D eigenvalue weighted by Crippen LogP contribution is -2.52. The SMILES string of the molecule is COC1(CNC(C)C(=O)Nc2ccccc2)CCC1. The zero-order chi connectivity index (χ0) is 13.7. The molecule has 0 heterocycles. The first-order valence-electron chi connectivity index (χ1n) is 6.80. The molecule has 1 aliphatic carbocycles. The molecule has 4 nitrogen and oxygen atoms in total. The average molecular weight is 262 g/mol. The van der Waals surface area contributed by atoms with E-state index in [4.69, 9.17) is 4.74 Å². The predicted octanol–water partition coefficient (Wildman–Crippen LogP) is 2.17. The zero-order valence-electron chi connectivity index (χ0n) is 11.6. The van der Waals surface area contributed by atoms with E-state index < -0.39 is 0 Å². The molecule has 1 aromatic rings. The molecule has 1 aromatic carbocycles. The van der Waals surface area contributed by atoms with E-state index in [2.05, 4.69) is 10.6 Å². The fraction of sp³-hybridized carbons (Fsp3) is 0.533. The summed E-state index contributed by atoms with van der Waals surface area (Å²) in [5, 5.41) is 6.15. The van der Waals surface area contributed by atoms with Crippen molar-refractivity contribution in [1.29, 1.82) is 0 Å². The first kappa shape index (κ1) is 14.0. The maximum Gasteiger partial charge on any atom is 0.241 e. The first-order valence-corrected chi connectivity index (χ1v) is 6.80. The lowest BCUT2D eigenvalue weighted by Gasteiger charge is -2.41. The molecule has 0 saturated heterocycles. The molecule has 104 valence electrons. The molecule has 0 bridgehead atoms. The summed E-state index contributed by atoms with van der Waals surface area (Å²) in [7, 11) is 1.75. The molecule has 2 N–H and O–H groups in total. The van der Waals surface area contributed by atoms with Crippen molar-refractivity contribution in [1.82, 2.24) is 5.32 Å². The van der Waals surface area contributed by atoms with E-state index in [1.807, 2.05) is 37.3 Å². The Bertz CT molecular complexity index is 410. The summed E-state index contributed by atoms with van der Waals surface area (Å²) in [5.74, 6) is -0.0169. The van der Waals surface area contributed by atoms with Crippen LogP contribution in [0.5, 0.6) is 0 Å². The Balaban J connectivity index is 1.79. The number of methoxy groups -OCH3 is 1. The van der Waals surface area contributed by atoms with Gasteiger partial charge in [-0.3, -0.25) is 4.79 Å².